The van der Waals surface area contributed by atoms with Gasteiger partial charge in [0.25, 0.3) is 5.91 Å². The molecule has 1 aromatic rings. The first kappa shape index (κ1) is 21.5. The third-order valence-corrected chi connectivity index (χ3v) is 4.64. The highest BCUT2D eigenvalue weighted by atomic mass is 16.5. The molecule has 0 bridgehead atoms. The first-order valence-electron chi connectivity index (χ1n) is 9.66. The number of amides is 3. The highest BCUT2D eigenvalue weighted by molar-refractivity contribution is 5.96. The Bertz CT molecular complexity index is 717. The zero-order valence-corrected chi connectivity index (χ0v) is 16.4. The Morgan fingerprint density at radius 3 is 2.68 bits per heavy atom. The zero-order chi connectivity index (χ0) is 20.4. The Kier molecular flexibility index (Phi) is 8.52. The maximum Gasteiger partial charge on any atom is 0.331 e. The summed E-state index contributed by atoms with van der Waals surface area (Å²) in [4.78, 5) is 35.5. The topological polar surface area (TPSA) is 93.7 Å². The van der Waals surface area contributed by atoms with Crippen LogP contribution in [-0.4, -0.2) is 37.2 Å². The number of nitrogens with one attached hydrogen (secondary N) is 2. The van der Waals surface area contributed by atoms with Crippen molar-refractivity contribution >= 4 is 24.0 Å². The molecule has 1 aliphatic rings. The van der Waals surface area contributed by atoms with E-state index in [9.17, 15) is 14.4 Å². The van der Waals surface area contributed by atoms with Gasteiger partial charge in [-0.3, -0.25) is 10.1 Å². The largest absolute Gasteiger partial charge is 0.493 e. The second kappa shape index (κ2) is 11.1. The highest BCUT2D eigenvalue weighted by Gasteiger charge is 2.23. The summed E-state index contributed by atoms with van der Waals surface area (Å²) in [5.74, 6) is -0.308. The molecule has 0 aliphatic heterocycles. The molecule has 0 saturated heterocycles. The molecule has 2 rings (SSSR count). The number of esters is 1. The van der Waals surface area contributed by atoms with E-state index in [1.54, 1.807) is 18.2 Å². The number of rotatable bonds is 7. The van der Waals surface area contributed by atoms with Crippen LogP contribution in [0.3, 0.4) is 0 Å². The molecular weight excluding hydrogens is 360 g/mol. The number of urea groups is 1. The van der Waals surface area contributed by atoms with E-state index in [1.807, 2.05) is 19.1 Å². The summed E-state index contributed by atoms with van der Waals surface area (Å²) in [5.41, 5.74) is 0.728. The van der Waals surface area contributed by atoms with Crippen molar-refractivity contribution in [3.63, 3.8) is 0 Å². The minimum Gasteiger partial charge on any atom is -0.493 e. The van der Waals surface area contributed by atoms with E-state index in [-0.39, 0.29) is 6.04 Å². The van der Waals surface area contributed by atoms with Crippen LogP contribution in [-0.2, 0) is 14.3 Å². The van der Waals surface area contributed by atoms with E-state index in [0.29, 0.717) is 18.3 Å². The summed E-state index contributed by atoms with van der Waals surface area (Å²) in [7, 11) is 0. The maximum atomic E-state index is 11.9. The minimum absolute atomic E-state index is 0.0671. The van der Waals surface area contributed by atoms with Crippen molar-refractivity contribution in [3.05, 3.63) is 35.9 Å². The molecule has 1 saturated carbocycles. The summed E-state index contributed by atoms with van der Waals surface area (Å²) >= 11 is 0. The number of carbonyl (C=O) groups is 3. The van der Waals surface area contributed by atoms with Gasteiger partial charge in [-0.1, -0.05) is 38.0 Å². The number of hydrogen-bond donors (Lipinski definition) is 2. The van der Waals surface area contributed by atoms with Crippen molar-refractivity contribution in [3.8, 4) is 5.75 Å². The number of para-hydroxylation sites is 1. The summed E-state index contributed by atoms with van der Waals surface area (Å²) in [5, 5.41) is 5.01. The SMILES string of the molecule is CCOc1ccccc1/C=C/C(=O)OCC(=O)NC(=O)N[C@@H]1CCCC[C@@H]1C. The molecule has 0 radical (unpaired) electrons. The maximum absolute atomic E-state index is 11.9. The van der Waals surface area contributed by atoms with Crippen molar-refractivity contribution in [1.29, 1.82) is 0 Å². The van der Waals surface area contributed by atoms with Crippen LogP contribution in [0.4, 0.5) is 4.79 Å². The zero-order valence-electron chi connectivity index (χ0n) is 16.4. The molecule has 2 N–H and O–H groups in total. The lowest BCUT2D eigenvalue weighted by atomic mass is 9.86. The number of imide groups is 1. The normalized spacial score (nSPS) is 19.1. The predicted octanol–water partition coefficient (Wildman–Crippen LogP) is 3.05. The molecule has 0 heterocycles. The van der Waals surface area contributed by atoms with E-state index in [0.717, 1.165) is 24.8 Å². The van der Waals surface area contributed by atoms with Gasteiger partial charge in [-0.15, -0.1) is 0 Å². The van der Waals surface area contributed by atoms with Crippen LogP contribution < -0.4 is 15.4 Å². The van der Waals surface area contributed by atoms with E-state index in [2.05, 4.69) is 17.6 Å². The van der Waals surface area contributed by atoms with Crippen molar-refractivity contribution < 1.29 is 23.9 Å². The van der Waals surface area contributed by atoms with E-state index < -0.39 is 24.5 Å². The van der Waals surface area contributed by atoms with Crippen LogP contribution in [0.2, 0.25) is 0 Å². The van der Waals surface area contributed by atoms with Gasteiger partial charge in [0.05, 0.1) is 6.61 Å². The smallest absolute Gasteiger partial charge is 0.331 e. The summed E-state index contributed by atoms with van der Waals surface area (Å²) in [6, 6.07) is 6.78. The Morgan fingerprint density at radius 2 is 1.93 bits per heavy atom. The van der Waals surface area contributed by atoms with Gasteiger partial charge in [0.1, 0.15) is 5.75 Å². The Hall–Kier alpha value is -2.83. The molecule has 7 nitrogen and oxygen atoms in total. The quantitative estimate of drug-likeness (QED) is 0.553. The van der Waals surface area contributed by atoms with Crippen LogP contribution in [0.25, 0.3) is 6.08 Å². The molecular formula is C21H28N2O5. The Labute approximate surface area is 165 Å². The monoisotopic (exact) mass is 388 g/mol. The van der Waals surface area contributed by atoms with Gasteiger partial charge in [-0.05, 0) is 37.8 Å². The fourth-order valence-corrected chi connectivity index (χ4v) is 3.15. The minimum atomic E-state index is -0.678. The van der Waals surface area contributed by atoms with E-state index in [4.69, 9.17) is 9.47 Å². The summed E-state index contributed by atoms with van der Waals surface area (Å²) < 4.78 is 10.3. The van der Waals surface area contributed by atoms with Crippen LogP contribution in [0.1, 0.15) is 45.1 Å². The molecule has 1 fully saturated rings. The predicted molar refractivity (Wildman–Crippen MR) is 106 cm³/mol. The fourth-order valence-electron chi connectivity index (χ4n) is 3.15. The van der Waals surface area contributed by atoms with Gasteiger partial charge in [0.2, 0.25) is 0 Å². The second-order valence-electron chi connectivity index (χ2n) is 6.80. The van der Waals surface area contributed by atoms with Gasteiger partial charge in [0, 0.05) is 17.7 Å². The lowest BCUT2D eigenvalue weighted by molar-refractivity contribution is -0.143. The molecule has 28 heavy (non-hydrogen) atoms. The van der Waals surface area contributed by atoms with E-state index in [1.165, 1.54) is 12.5 Å². The van der Waals surface area contributed by atoms with Crippen molar-refractivity contribution in [2.75, 3.05) is 13.2 Å². The molecule has 1 aromatic carbocycles. The molecule has 7 heteroatoms. The van der Waals surface area contributed by atoms with Gasteiger partial charge < -0.3 is 14.8 Å². The average molecular weight is 388 g/mol. The third kappa shape index (κ3) is 7.06. The number of hydrogen-bond acceptors (Lipinski definition) is 5. The molecule has 2 atom stereocenters. The van der Waals surface area contributed by atoms with Crippen LogP contribution >= 0.6 is 0 Å². The Balaban J connectivity index is 1.74. The molecule has 152 valence electrons. The molecule has 1 aliphatic carbocycles. The molecule has 0 spiro atoms. The molecule has 0 unspecified atom stereocenters. The molecule has 0 aromatic heterocycles. The average Bonchev–Trinajstić information content (AvgIpc) is 2.67. The van der Waals surface area contributed by atoms with Gasteiger partial charge in [-0.2, -0.15) is 0 Å². The number of ether oxygens (including phenoxy) is 2. The first-order chi connectivity index (χ1) is 13.5. The van der Waals surface area contributed by atoms with E-state index >= 15 is 0 Å². The van der Waals surface area contributed by atoms with Crippen molar-refractivity contribution in [1.82, 2.24) is 10.6 Å². The van der Waals surface area contributed by atoms with Gasteiger partial charge in [0.15, 0.2) is 6.61 Å². The second-order valence-corrected chi connectivity index (χ2v) is 6.80. The van der Waals surface area contributed by atoms with Crippen LogP contribution in [0.5, 0.6) is 5.75 Å². The lowest BCUT2D eigenvalue weighted by Gasteiger charge is -2.29. The lowest BCUT2D eigenvalue weighted by Crippen LogP contribution is -2.48. The van der Waals surface area contributed by atoms with Crippen LogP contribution in [0.15, 0.2) is 30.3 Å². The number of benzene rings is 1. The Morgan fingerprint density at radius 1 is 1.18 bits per heavy atom. The first-order valence-corrected chi connectivity index (χ1v) is 9.66. The van der Waals surface area contributed by atoms with Crippen LogP contribution in [0, 0.1) is 5.92 Å². The fraction of sp³-hybridized carbons (Fsp3) is 0.476. The van der Waals surface area contributed by atoms with Crippen molar-refractivity contribution in [2.24, 2.45) is 5.92 Å². The number of carbonyl (C=O) groups excluding carboxylic acids is 3. The standard InChI is InChI=1S/C21H28N2O5/c1-3-27-18-11-7-5-9-16(18)12-13-20(25)28-14-19(24)23-21(26)22-17-10-6-4-8-15(17)2/h5,7,9,11-13,15,17H,3-4,6,8,10,14H2,1-2H3,(H2,22,23,24,26)/b13-12+/t15-,17+/m0/s1. The summed E-state index contributed by atoms with van der Waals surface area (Å²) in [6.07, 6.45) is 6.98. The molecule has 3 amide bonds. The highest BCUT2D eigenvalue weighted by Crippen LogP contribution is 2.23. The van der Waals surface area contributed by atoms with Crippen molar-refractivity contribution in [2.45, 2.75) is 45.6 Å². The third-order valence-electron chi connectivity index (χ3n) is 4.64. The van der Waals surface area contributed by atoms with Gasteiger partial charge in [-0.25, -0.2) is 9.59 Å². The van der Waals surface area contributed by atoms with Gasteiger partial charge >= 0.3 is 12.0 Å². The summed E-state index contributed by atoms with van der Waals surface area (Å²) in [6.45, 7) is 3.95.